The molecule has 0 N–H and O–H groups in total. The second kappa shape index (κ2) is 5.58. The van der Waals surface area contributed by atoms with Gasteiger partial charge in [0.1, 0.15) is 6.04 Å². The van der Waals surface area contributed by atoms with E-state index in [1.165, 1.54) is 12.8 Å². The number of fused-ring (bicyclic) bond motifs is 1. The maximum atomic E-state index is 13.2. The van der Waals surface area contributed by atoms with Crippen LogP contribution in [0.5, 0.6) is 0 Å². The number of carbonyl (C=O) groups is 1. The van der Waals surface area contributed by atoms with Crippen molar-refractivity contribution in [2.45, 2.75) is 31.5 Å². The van der Waals surface area contributed by atoms with E-state index in [-0.39, 0.29) is 18.1 Å². The van der Waals surface area contributed by atoms with Gasteiger partial charge in [-0.25, -0.2) is 0 Å². The third kappa shape index (κ3) is 2.13. The summed E-state index contributed by atoms with van der Waals surface area (Å²) < 4.78 is 0. The second-order valence-corrected chi connectivity index (χ2v) is 6.07. The molecule has 0 spiro atoms. The fourth-order valence-corrected chi connectivity index (χ4v) is 3.79. The Morgan fingerprint density at radius 2 is 1.55 bits per heavy atom. The summed E-state index contributed by atoms with van der Waals surface area (Å²) in [5.74, 6) is 0.212. The summed E-state index contributed by atoms with van der Waals surface area (Å²) in [6.45, 7) is 0.999. The van der Waals surface area contributed by atoms with Gasteiger partial charge in [0.05, 0.1) is 6.17 Å². The molecule has 0 aliphatic carbocycles. The van der Waals surface area contributed by atoms with Gasteiger partial charge in [-0.15, -0.1) is 0 Å². The van der Waals surface area contributed by atoms with Crippen molar-refractivity contribution in [1.29, 1.82) is 0 Å². The van der Waals surface area contributed by atoms with Gasteiger partial charge in [0.25, 0.3) is 0 Å². The van der Waals surface area contributed by atoms with Gasteiger partial charge in [-0.05, 0) is 37.0 Å². The summed E-state index contributed by atoms with van der Waals surface area (Å²) in [5.41, 5.74) is 2.13. The van der Waals surface area contributed by atoms with E-state index in [4.69, 9.17) is 0 Å². The van der Waals surface area contributed by atoms with Gasteiger partial charge >= 0.3 is 0 Å². The highest BCUT2D eigenvalue weighted by Crippen LogP contribution is 2.40. The molecule has 112 valence electrons. The fourth-order valence-electron chi connectivity index (χ4n) is 3.79. The molecule has 2 aliphatic heterocycles. The largest absolute Gasteiger partial charge is 0.294 e. The van der Waals surface area contributed by atoms with Crippen molar-refractivity contribution < 1.29 is 4.79 Å². The normalized spacial score (nSPS) is 25.3. The van der Waals surface area contributed by atoms with Crippen LogP contribution in [0.15, 0.2) is 60.7 Å². The first-order chi connectivity index (χ1) is 10.9. The minimum atomic E-state index is -0.133. The minimum absolute atomic E-state index is 0.133. The molecule has 2 fully saturated rings. The van der Waals surface area contributed by atoms with E-state index in [1.807, 2.05) is 53.4 Å². The van der Waals surface area contributed by atoms with E-state index in [9.17, 15) is 4.79 Å². The number of anilines is 1. The Hall–Kier alpha value is -2.13. The Balaban J connectivity index is 1.76. The van der Waals surface area contributed by atoms with E-state index < -0.39 is 0 Å². The van der Waals surface area contributed by atoms with Crippen molar-refractivity contribution in [1.82, 2.24) is 4.90 Å². The van der Waals surface area contributed by atoms with E-state index >= 15 is 0 Å². The van der Waals surface area contributed by atoms with Gasteiger partial charge in [0.2, 0.25) is 5.91 Å². The molecule has 0 bridgehead atoms. The van der Waals surface area contributed by atoms with Crippen LogP contribution >= 0.6 is 0 Å². The fraction of sp³-hybridized carbons (Fsp3) is 0.316. The van der Waals surface area contributed by atoms with Crippen LogP contribution in [0.25, 0.3) is 0 Å². The lowest BCUT2D eigenvalue weighted by Gasteiger charge is -2.35. The van der Waals surface area contributed by atoms with Gasteiger partial charge in [0.15, 0.2) is 0 Å². The monoisotopic (exact) mass is 292 g/mol. The van der Waals surface area contributed by atoms with E-state index in [0.717, 1.165) is 24.2 Å². The summed E-state index contributed by atoms with van der Waals surface area (Å²) in [6, 6.07) is 20.1. The quantitative estimate of drug-likeness (QED) is 0.844. The number of piperidine rings is 1. The van der Waals surface area contributed by atoms with Crippen molar-refractivity contribution >= 4 is 11.6 Å². The van der Waals surface area contributed by atoms with E-state index in [2.05, 4.69) is 17.0 Å². The van der Waals surface area contributed by atoms with Gasteiger partial charge in [-0.2, -0.15) is 0 Å². The first-order valence-corrected chi connectivity index (χ1v) is 8.05. The van der Waals surface area contributed by atoms with Crippen LogP contribution in [0.4, 0.5) is 5.69 Å². The van der Waals surface area contributed by atoms with Crippen LogP contribution in [0.2, 0.25) is 0 Å². The maximum absolute atomic E-state index is 13.2. The molecular formula is C19H20N2O. The third-order valence-electron chi connectivity index (χ3n) is 4.76. The Bertz CT molecular complexity index is 598. The zero-order valence-electron chi connectivity index (χ0n) is 12.6. The molecule has 0 radical (unpaired) electrons. The predicted molar refractivity (Wildman–Crippen MR) is 87.5 cm³/mol. The molecule has 2 aliphatic rings. The van der Waals surface area contributed by atoms with Crippen molar-refractivity contribution in [2.24, 2.45) is 0 Å². The molecule has 2 heterocycles. The Kier molecular flexibility index (Phi) is 3.43. The van der Waals surface area contributed by atoms with Crippen molar-refractivity contribution in [3.63, 3.8) is 0 Å². The maximum Gasteiger partial charge on any atom is 0.250 e. The summed E-state index contributed by atoms with van der Waals surface area (Å²) >= 11 is 0. The third-order valence-corrected chi connectivity index (χ3v) is 4.76. The highest BCUT2D eigenvalue weighted by molar-refractivity contribution is 6.00. The van der Waals surface area contributed by atoms with Crippen LogP contribution in [0, 0.1) is 0 Å². The zero-order chi connectivity index (χ0) is 14.9. The summed E-state index contributed by atoms with van der Waals surface area (Å²) in [5, 5.41) is 0. The Morgan fingerprint density at radius 3 is 2.27 bits per heavy atom. The molecule has 3 nitrogen and oxygen atoms in total. The Labute approximate surface area is 131 Å². The molecule has 1 amide bonds. The molecule has 3 heteroatoms. The first-order valence-electron chi connectivity index (χ1n) is 8.05. The smallest absolute Gasteiger partial charge is 0.250 e. The van der Waals surface area contributed by atoms with E-state index in [1.54, 1.807) is 0 Å². The molecule has 2 aromatic rings. The van der Waals surface area contributed by atoms with Crippen LogP contribution < -0.4 is 4.90 Å². The molecule has 0 aromatic heterocycles. The standard InChI is InChI=1S/C19H20N2O/c22-19-18(15-9-3-1-4-10-15)20-14-8-7-13-17(20)21(19)16-11-5-2-6-12-16/h1-6,9-12,17-18H,7-8,13-14H2/t17-,18+/m1/s1. The minimum Gasteiger partial charge on any atom is -0.294 e. The number of amides is 1. The molecular weight excluding hydrogens is 272 g/mol. The number of para-hydroxylation sites is 1. The molecule has 4 rings (SSSR count). The summed E-state index contributed by atoms with van der Waals surface area (Å²) in [4.78, 5) is 17.6. The van der Waals surface area contributed by atoms with Crippen LogP contribution in [0.1, 0.15) is 30.9 Å². The van der Waals surface area contributed by atoms with Crippen molar-refractivity contribution in [3.05, 3.63) is 66.2 Å². The predicted octanol–water partition coefficient (Wildman–Crippen LogP) is 3.59. The lowest BCUT2D eigenvalue weighted by atomic mass is 10.0. The highest BCUT2D eigenvalue weighted by atomic mass is 16.2. The van der Waals surface area contributed by atoms with E-state index in [0.29, 0.717) is 0 Å². The summed E-state index contributed by atoms with van der Waals surface area (Å²) in [7, 11) is 0. The summed E-state index contributed by atoms with van der Waals surface area (Å²) in [6.07, 6.45) is 3.63. The molecule has 2 atom stereocenters. The van der Waals surface area contributed by atoms with Crippen molar-refractivity contribution in [3.8, 4) is 0 Å². The molecule has 22 heavy (non-hydrogen) atoms. The van der Waals surface area contributed by atoms with Crippen LogP contribution in [-0.2, 0) is 4.79 Å². The second-order valence-electron chi connectivity index (χ2n) is 6.07. The van der Waals surface area contributed by atoms with Gasteiger partial charge in [-0.1, -0.05) is 48.5 Å². The van der Waals surface area contributed by atoms with Crippen molar-refractivity contribution in [2.75, 3.05) is 11.4 Å². The number of hydrogen-bond donors (Lipinski definition) is 0. The first kappa shape index (κ1) is 13.5. The average molecular weight is 292 g/mol. The number of carbonyl (C=O) groups excluding carboxylic acids is 1. The van der Waals surface area contributed by atoms with Gasteiger partial charge < -0.3 is 0 Å². The topological polar surface area (TPSA) is 23.6 Å². The number of hydrogen-bond acceptors (Lipinski definition) is 2. The average Bonchev–Trinajstić information content (AvgIpc) is 2.88. The highest BCUT2D eigenvalue weighted by Gasteiger charge is 2.47. The van der Waals surface area contributed by atoms with Gasteiger partial charge in [-0.3, -0.25) is 14.6 Å². The molecule has 2 saturated heterocycles. The molecule has 2 aromatic carbocycles. The van der Waals surface area contributed by atoms with Crippen LogP contribution in [-0.4, -0.2) is 23.5 Å². The lowest BCUT2D eigenvalue weighted by molar-refractivity contribution is -0.119. The number of nitrogens with zero attached hydrogens (tertiary/aromatic N) is 2. The lowest BCUT2D eigenvalue weighted by Crippen LogP contribution is -2.42. The van der Waals surface area contributed by atoms with Crippen LogP contribution in [0.3, 0.4) is 0 Å². The number of benzene rings is 2. The zero-order valence-corrected chi connectivity index (χ0v) is 12.6. The Morgan fingerprint density at radius 1 is 0.864 bits per heavy atom. The number of rotatable bonds is 2. The SMILES string of the molecule is O=C1[C@H](c2ccccc2)N2CCCC[C@H]2N1c1ccccc1. The molecule has 0 unspecified atom stereocenters. The van der Waals surface area contributed by atoms with Gasteiger partial charge in [0, 0.05) is 12.2 Å². The molecule has 0 saturated carbocycles.